The molecule has 0 aromatic heterocycles. The van der Waals surface area contributed by atoms with Crippen molar-refractivity contribution in [2.45, 2.75) is 64.3 Å². The fourth-order valence-electron chi connectivity index (χ4n) is 3.26. The molecular weight excluding hydrogens is 242 g/mol. The van der Waals surface area contributed by atoms with Crippen LogP contribution in [0.15, 0.2) is 0 Å². The normalized spacial score (nSPS) is 30.4. The average molecular weight is 267 g/mol. The molecule has 2 aliphatic rings. The lowest BCUT2D eigenvalue weighted by atomic mass is 9.85. The van der Waals surface area contributed by atoms with E-state index in [9.17, 15) is 14.7 Å². The SMILES string of the molecule is CCC(C)(NC(=O)C1CC1C1CCCCC1)C(=O)O. The van der Waals surface area contributed by atoms with Gasteiger partial charge in [-0.15, -0.1) is 0 Å². The largest absolute Gasteiger partial charge is 0.480 e. The molecular formula is C15H25NO3. The van der Waals surface area contributed by atoms with Gasteiger partial charge in [-0.25, -0.2) is 4.79 Å². The standard InChI is InChI=1S/C15H25NO3/c1-3-15(2,14(18)19)16-13(17)12-9-11(12)10-7-5-4-6-8-10/h10-12H,3-9H2,1-2H3,(H,16,17)(H,18,19). The first-order valence-corrected chi connectivity index (χ1v) is 7.53. The van der Waals surface area contributed by atoms with Crippen molar-refractivity contribution in [1.29, 1.82) is 0 Å². The van der Waals surface area contributed by atoms with Crippen molar-refractivity contribution in [3.63, 3.8) is 0 Å². The second-order valence-corrected chi connectivity index (χ2v) is 6.38. The van der Waals surface area contributed by atoms with Gasteiger partial charge in [-0.05, 0) is 31.6 Å². The van der Waals surface area contributed by atoms with Crippen LogP contribution in [0.3, 0.4) is 0 Å². The van der Waals surface area contributed by atoms with E-state index >= 15 is 0 Å². The fourth-order valence-corrected chi connectivity index (χ4v) is 3.26. The number of carbonyl (C=O) groups is 2. The highest BCUT2D eigenvalue weighted by Crippen LogP contribution is 2.49. The zero-order valence-corrected chi connectivity index (χ0v) is 11.9. The summed E-state index contributed by atoms with van der Waals surface area (Å²) in [5.74, 6) is 0.270. The van der Waals surface area contributed by atoms with E-state index in [0.29, 0.717) is 18.3 Å². The Morgan fingerprint density at radius 1 is 1.26 bits per heavy atom. The molecule has 2 N–H and O–H groups in total. The van der Waals surface area contributed by atoms with E-state index in [2.05, 4.69) is 5.32 Å². The summed E-state index contributed by atoms with van der Waals surface area (Å²) < 4.78 is 0. The van der Waals surface area contributed by atoms with E-state index in [1.165, 1.54) is 32.1 Å². The van der Waals surface area contributed by atoms with E-state index in [1.807, 2.05) is 0 Å². The quantitative estimate of drug-likeness (QED) is 0.804. The molecule has 0 spiro atoms. The second-order valence-electron chi connectivity index (χ2n) is 6.38. The lowest BCUT2D eigenvalue weighted by molar-refractivity contribution is -0.147. The van der Waals surface area contributed by atoms with Gasteiger partial charge in [-0.1, -0.05) is 39.0 Å². The molecule has 108 valence electrons. The molecule has 0 bridgehead atoms. The van der Waals surface area contributed by atoms with Gasteiger partial charge >= 0.3 is 5.97 Å². The Bertz CT molecular complexity index is 362. The van der Waals surface area contributed by atoms with Gasteiger partial charge < -0.3 is 10.4 Å². The van der Waals surface area contributed by atoms with Crippen LogP contribution >= 0.6 is 0 Å². The molecule has 2 fully saturated rings. The monoisotopic (exact) mass is 267 g/mol. The van der Waals surface area contributed by atoms with Crippen LogP contribution < -0.4 is 5.32 Å². The Morgan fingerprint density at radius 2 is 1.89 bits per heavy atom. The molecule has 4 heteroatoms. The summed E-state index contributed by atoms with van der Waals surface area (Å²) in [6.07, 6.45) is 7.77. The first-order chi connectivity index (χ1) is 8.98. The Balaban J connectivity index is 1.87. The van der Waals surface area contributed by atoms with Gasteiger partial charge in [0.15, 0.2) is 0 Å². The first-order valence-electron chi connectivity index (χ1n) is 7.53. The average Bonchev–Trinajstić information content (AvgIpc) is 3.19. The molecule has 0 heterocycles. The van der Waals surface area contributed by atoms with Crippen LogP contribution in [-0.4, -0.2) is 22.5 Å². The summed E-state index contributed by atoms with van der Waals surface area (Å²) in [7, 11) is 0. The minimum Gasteiger partial charge on any atom is -0.480 e. The number of rotatable bonds is 5. The molecule has 0 saturated heterocycles. The van der Waals surface area contributed by atoms with E-state index in [-0.39, 0.29) is 11.8 Å². The molecule has 2 saturated carbocycles. The smallest absolute Gasteiger partial charge is 0.329 e. The van der Waals surface area contributed by atoms with Crippen LogP contribution in [0, 0.1) is 17.8 Å². The highest BCUT2D eigenvalue weighted by molar-refractivity contribution is 5.89. The molecule has 2 rings (SSSR count). The van der Waals surface area contributed by atoms with Crippen LogP contribution in [0.1, 0.15) is 58.8 Å². The highest BCUT2D eigenvalue weighted by atomic mass is 16.4. The van der Waals surface area contributed by atoms with Gasteiger partial charge in [-0.2, -0.15) is 0 Å². The van der Waals surface area contributed by atoms with Gasteiger partial charge in [0.2, 0.25) is 5.91 Å². The zero-order chi connectivity index (χ0) is 14.0. The molecule has 19 heavy (non-hydrogen) atoms. The zero-order valence-electron chi connectivity index (χ0n) is 11.9. The number of carbonyl (C=O) groups excluding carboxylic acids is 1. The Morgan fingerprint density at radius 3 is 2.42 bits per heavy atom. The van der Waals surface area contributed by atoms with Gasteiger partial charge in [-0.3, -0.25) is 4.79 Å². The predicted octanol–water partition coefficient (Wildman–Crippen LogP) is 2.57. The molecule has 0 aromatic rings. The van der Waals surface area contributed by atoms with Crippen LogP contribution in [-0.2, 0) is 9.59 Å². The Kier molecular flexibility index (Phi) is 4.16. The fraction of sp³-hybridized carbons (Fsp3) is 0.867. The van der Waals surface area contributed by atoms with Gasteiger partial charge in [0.05, 0.1) is 0 Å². The second kappa shape index (κ2) is 5.51. The van der Waals surface area contributed by atoms with Crippen molar-refractivity contribution in [1.82, 2.24) is 5.32 Å². The molecule has 1 amide bonds. The van der Waals surface area contributed by atoms with Crippen molar-refractivity contribution < 1.29 is 14.7 Å². The van der Waals surface area contributed by atoms with Crippen LogP contribution in [0.25, 0.3) is 0 Å². The van der Waals surface area contributed by atoms with Crippen LogP contribution in [0.2, 0.25) is 0 Å². The Labute approximate surface area is 115 Å². The van der Waals surface area contributed by atoms with Gasteiger partial charge in [0, 0.05) is 5.92 Å². The lowest BCUT2D eigenvalue weighted by Gasteiger charge is -2.25. The Hall–Kier alpha value is -1.06. The lowest BCUT2D eigenvalue weighted by Crippen LogP contribution is -2.52. The minimum absolute atomic E-state index is 0.0534. The first kappa shape index (κ1) is 14.4. The van der Waals surface area contributed by atoms with Crippen molar-refractivity contribution in [2.75, 3.05) is 0 Å². The summed E-state index contributed by atoms with van der Waals surface area (Å²) in [4.78, 5) is 23.4. The van der Waals surface area contributed by atoms with E-state index in [1.54, 1.807) is 13.8 Å². The van der Waals surface area contributed by atoms with E-state index < -0.39 is 11.5 Å². The van der Waals surface area contributed by atoms with Crippen molar-refractivity contribution >= 4 is 11.9 Å². The summed E-state index contributed by atoms with van der Waals surface area (Å²) in [5.41, 5.74) is -1.11. The summed E-state index contributed by atoms with van der Waals surface area (Å²) in [6.45, 7) is 3.38. The third-order valence-corrected chi connectivity index (χ3v) is 5.01. The maximum Gasteiger partial charge on any atom is 0.329 e. The minimum atomic E-state index is -1.11. The molecule has 0 radical (unpaired) electrons. The van der Waals surface area contributed by atoms with E-state index in [4.69, 9.17) is 0 Å². The van der Waals surface area contributed by atoms with Crippen molar-refractivity contribution in [3.05, 3.63) is 0 Å². The number of carboxylic acids is 1. The van der Waals surface area contributed by atoms with Crippen LogP contribution in [0.4, 0.5) is 0 Å². The molecule has 3 atom stereocenters. The predicted molar refractivity (Wildman–Crippen MR) is 72.6 cm³/mol. The number of carboxylic acid groups (broad SMARTS) is 1. The van der Waals surface area contributed by atoms with Crippen molar-refractivity contribution in [3.8, 4) is 0 Å². The number of aliphatic carboxylic acids is 1. The molecule has 4 nitrogen and oxygen atoms in total. The summed E-state index contributed by atoms with van der Waals surface area (Å²) >= 11 is 0. The maximum absolute atomic E-state index is 12.2. The van der Waals surface area contributed by atoms with Crippen LogP contribution in [0.5, 0.6) is 0 Å². The third kappa shape index (κ3) is 3.10. The molecule has 0 aromatic carbocycles. The van der Waals surface area contributed by atoms with Crippen molar-refractivity contribution in [2.24, 2.45) is 17.8 Å². The number of nitrogens with one attached hydrogen (secondary N) is 1. The number of hydrogen-bond acceptors (Lipinski definition) is 2. The maximum atomic E-state index is 12.2. The number of hydrogen-bond donors (Lipinski definition) is 2. The third-order valence-electron chi connectivity index (χ3n) is 5.01. The highest BCUT2D eigenvalue weighted by Gasteiger charge is 2.49. The molecule has 2 aliphatic carbocycles. The summed E-state index contributed by atoms with van der Waals surface area (Å²) in [5, 5.41) is 11.9. The number of amides is 1. The van der Waals surface area contributed by atoms with Gasteiger partial charge in [0.25, 0.3) is 0 Å². The molecule has 0 aliphatic heterocycles. The molecule has 3 unspecified atom stereocenters. The summed E-state index contributed by atoms with van der Waals surface area (Å²) in [6, 6.07) is 0. The van der Waals surface area contributed by atoms with E-state index in [0.717, 1.165) is 6.42 Å². The topological polar surface area (TPSA) is 66.4 Å². The van der Waals surface area contributed by atoms with Gasteiger partial charge in [0.1, 0.15) is 5.54 Å².